The molecule has 2 heterocycles. The van der Waals surface area contributed by atoms with E-state index in [2.05, 4.69) is 35.4 Å². The molecule has 1 fully saturated rings. The maximum Gasteiger partial charge on any atom is 0.234 e. The van der Waals surface area contributed by atoms with Gasteiger partial charge in [0.05, 0.1) is 5.41 Å². The number of nitrogens with one attached hydrogen (secondary N) is 1. The lowest BCUT2D eigenvalue weighted by molar-refractivity contribution is 0.245. The number of hydrogen-bond acceptors (Lipinski definition) is 4. The Balaban J connectivity index is 1.93. The van der Waals surface area contributed by atoms with Crippen molar-refractivity contribution >= 4 is 0 Å². The quantitative estimate of drug-likeness (QED) is 0.898. The minimum atomic E-state index is -0.0355. The highest BCUT2D eigenvalue weighted by Gasteiger charge is 2.34. The van der Waals surface area contributed by atoms with Crippen molar-refractivity contribution < 1.29 is 4.52 Å². The van der Waals surface area contributed by atoms with E-state index in [0.717, 1.165) is 37.4 Å². The van der Waals surface area contributed by atoms with Gasteiger partial charge in [0.1, 0.15) is 0 Å². The van der Waals surface area contributed by atoms with Gasteiger partial charge in [-0.25, -0.2) is 0 Å². The Labute approximate surface area is 113 Å². The molecule has 0 radical (unpaired) electrons. The topological polar surface area (TPSA) is 51.0 Å². The third-order valence-corrected chi connectivity index (χ3v) is 3.93. The van der Waals surface area contributed by atoms with Crippen LogP contribution in [0.4, 0.5) is 0 Å². The van der Waals surface area contributed by atoms with Gasteiger partial charge in [0, 0.05) is 12.1 Å². The molecule has 100 valence electrons. The summed E-state index contributed by atoms with van der Waals surface area (Å²) in [6, 6.07) is 8.12. The lowest BCUT2D eigenvalue weighted by Gasteiger charge is -2.30. The zero-order valence-electron chi connectivity index (χ0n) is 11.4. The van der Waals surface area contributed by atoms with Gasteiger partial charge in [0.2, 0.25) is 11.7 Å². The van der Waals surface area contributed by atoms with E-state index in [1.807, 2.05) is 18.2 Å². The Hall–Kier alpha value is -1.68. The van der Waals surface area contributed by atoms with Gasteiger partial charge in [-0.05, 0) is 38.8 Å². The lowest BCUT2D eigenvalue weighted by Crippen LogP contribution is -2.41. The maximum atomic E-state index is 5.52. The summed E-state index contributed by atoms with van der Waals surface area (Å²) in [4.78, 5) is 4.62. The molecule has 1 atom stereocenters. The Morgan fingerprint density at radius 3 is 2.89 bits per heavy atom. The van der Waals surface area contributed by atoms with E-state index in [4.69, 9.17) is 4.52 Å². The summed E-state index contributed by atoms with van der Waals surface area (Å²) < 4.78 is 5.52. The first-order valence-electron chi connectivity index (χ1n) is 6.80. The minimum Gasteiger partial charge on any atom is -0.338 e. The van der Waals surface area contributed by atoms with Gasteiger partial charge in [-0.3, -0.25) is 0 Å². The zero-order chi connectivity index (χ0) is 13.3. The van der Waals surface area contributed by atoms with E-state index in [1.165, 1.54) is 5.56 Å². The lowest BCUT2D eigenvalue weighted by atomic mass is 9.83. The molecule has 1 saturated heterocycles. The molecule has 19 heavy (non-hydrogen) atoms. The highest BCUT2D eigenvalue weighted by molar-refractivity contribution is 5.59. The molecule has 0 saturated carbocycles. The number of hydrogen-bond donors (Lipinski definition) is 1. The molecular weight excluding hydrogens is 238 g/mol. The molecule has 3 rings (SSSR count). The fourth-order valence-corrected chi connectivity index (χ4v) is 2.64. The van der Waals surface area contributed by atoms with E-state index in [1.54, 1.807) is 0 Å². The third-order valence-electron chi connectivity index (χ3n) is 3.93. The van der Waals surface area contributed by atoms with Crippen molar-refractivity contribution in [2.75, 3.05) is 13.1 Å². The predicted octanol–water partition coefficient (Wildman–Crippen LogP) is 2.69. The van der Waals surface area contributed by atoms with E-state index in [9.17, 15) is 0 Å². The average Bonchev–Trinajstić information content (AvgIpc) is 2.90. The number of piperidine rings is 1. The molecular formula is C15H19N3O. The molecule has 4 heteroatoms. The summed E-state index contributed by atoms with van der Waals surface area (Å²) in [6.45, 7) is 6.24. The van der Waals surface area contributed by atoms with Crippen LogP contribution in [-0.4, -0.2) is 23.2 Å². The molecule has 1 aromatic heterocycles. The normalized spacial score (nSPS) is 23.5. The molecule has 0 bridgehead atoms. The van der Waals surface area contributed by atoms with Crippen LogP contribution in [0.15, 0.2) is 28.8 Å². The summed E-state index contributed by atoms with van der Waals surface area (Å²) in [7, 11) is 0. The fraction of sp³-hybridized carbons (Fsp3) is 0.467. The number of benzene rings is 1. The molecule has 1 aromatic carbocycles. The molecule has 0 amide bonds. The second-order valence-electron chi connectivity index (χ2n) is 5.58. The first-order chi connectivity index (χ1) is 9.19. The monoisotopic (exact) mass is 257 g/mol. The van der Waals surface area contributed by atoms with E-state index in [-0.39, 0.29) is 5.41 Å². The van der Waals surface area contributed by atoms with Gasteiger partial charge in [-0.1, -0.05) is 29.4 Å². The van der Waals surface area contributed by atoms with Crippen LogP contribution >= 0.6 is 0 Å². The van der Waals surface area contributed by atoms with Gasteiger partial charge >= 0.3 is 0 Å². The van der Waals surface area contributed by atoms with Crippen molar-refractivity contribution in [2.24, 2.45) is 0 Å². The standard InChI is InChI=1S/C15H19N3O/c1-11-6-3-4-7-12(11)13-17-14(19-18-13)15(2)8-5-9-16-10-15/h3-4,6-7,16H,5,8-10H2,1-2H3. The predicted molar refractivity (Wildman–Crippen MR) is 73.9 cm³/mol. The van der Waals surface area contributed by atoms with Gasteiger partial charge in [-0.2, -0.15) is 4.98 Å². The van der Waals surface area contributed by atoms with Crippen LogP contribution in [0.5, 0.6) is 0 Å². The average molecular weight is 257 g/mol. The molecule has 1 N–H and O–H groups in total. The first kappa shape index (κ1) is 12.4. The van der Waals surface area contributed by atoms with Crippen LogP contribution in [0.3, 0.4) is 0 Å². The van der Waals surface area contributed by atoms with Crippen LogP contribution < -0.4 is 5.32 Å². The summed E-state index contributed by atoms with van der Waals surface area (Å²) >= 11 is 0. The minimum absolute atomic E-state index is 0.0355. The van der Waals surface area contributed by atoms with Gasteiger partial charge in [0.25, 0.3) is 0 Å². The van der Waals surface area contributed by atoms with E-state index in [0.29, 0.717) is 5.82 Å². The highest BCUT2D eigenvalue weighted by atomic mass is 16.5. The number of aromatic nitrogens is 2. The molecule has 4 nitrogen and oxygen atoms in total. The Bertz CT molecular complexity index is 570. The zero-order valence-corrected chi connectivity index (χ0v) is 11.4. The molecule has 0 aliphatic carbocycles. The van der Waals surface area contributed by atoms with Gasteiger partial charge < -0.3 is 9.84 Å². The third kappa shape index (κ3) is 2.28. The molecule has 1 aliphatic heterocycles. The van der Waals surface area contributed by atoms with Crippen LogP contribution in [0.25, 0.3) is 11.4 Å². The van der Waals surface area contributed by atoms with Crippen molar-refractivity contribution in [1.29, 1.82) is 0 Å². The van der Waals surface area contributed by atoms with Gasteiger partial charge in [-0.15, -0.1) is 0 Å². The van der Waals surface area contributed by atoms with E-state index < -0.39 is 0 Å². The molecule has 2 aromatic rings. The largest absolute Gasteiger partial charge is 0.338 e. The Kier molecular flexibility index (Phi) is 3.11. The molecule has 1 aliphatic rings. The van der Waals surface area contributed by atoms with Gasteiger partial charge in [0.15, 0.2) is 0 Å². The van der Waals surface area contributed by atoms with Crippen LogP contribution in [-0.2, 0) is 5.41 Å². The molecule has 0 spiro atoms. The summed E-state index contributed by atoms with van der Waals surface area (Å²) in [5.74, 6) is 1.44. The summed E-state index contributed by atoms with van der Waals surface area (Å²) in [5, 5.41) is 7.56. The Morgan fingerprint density at radius 2 is 2.16 bits per heavy atom. The SMILES string of the molecule is Cc1ccccc1-c1noc(C2(C)CCCNC2)n1. The highest BCUT2D eigenvalue weighted by Crippen LogP contribution is 2.31. The summed E-state index contributed by atoms with van der Waals surface area (Å²) in [6.07, 6.45) is 2.24. The van der Waals surface area contributed by atoms with Crippen LogP contribution in [0.1, 0.15) is 31.2 Å². The Morgan fingerprint density at radius 1 is 1.32 bits per heavy atom. The number of nitrogens with zero attached hydrogens (tertiary/aromatic N) is 2. The van der Waals surface area contributed by atoms with E-state index >= 15 is 0 Å². The van der Waals surface area contributed by atoms with Crippen molar-refractivity contribution in [1.82, 2.24) is 15.5 Å². The molecule has 1 unspecified atom stereocenters. The van der Waals surface area contributed by atoms with Crippen molar-refractivity contribution in [3.05, 3.63) is 35.7 Å². The number of rotatable bonds is 2. The fourth-order valence-electron chi connectivity index (χ4n) is 2.64. The number of aryl methyl sites for hydroxylation is 1. The van der Waals surface area contributed by atoms with Crippen molar-refractivity contribution in [3.63, 3.8) is 0 Å². The maximum absolute atomic E-state index is 5.52. The summed E-state index contributed by atoms with van der Waals surface area (Å²) in [5.41, 5.74) is 2.18. The van der Waals surface area contributed by atoms with Crippen molar-refractivity contribution in [3.8, 4) is 11.4 Å². The second-order valence-corrected chi connectivity index (χ2v) is 5.58. The smallest absolute Gasteiger partial charge is 0.234 e. The second kappa shape index (κ2) is 4.78. The van der Waals surface area contributed by atoms with Crippen LogP contribution in [0, 0.1) is 6.92 Å². The van der Waals surface area contributed by atoms with Crippen LogP contribution in [0.2, 0.25) is 0 Å². The van der Waals surface area contributed by atoms with Crippen molar-refractivity contribution in [2.45, 2.75) is 32.1 Å². The first-order valence-corrected chi connectivity index (χ1v) is 6.80.